The normalized spacial score (nSPS) is 37.6. The fraction of sp³-hybridized carbons (Fsp3) is 0.473. The van der Waals surface area contributed by atoms with E-state index in [0.717, 1.165) is 6.42 Å². The van der Waals surface area contributed by atoms with Gasteiger partial charge in [0.25, 0.3) is 0 Å². The maximum Gasteiger partial charge on any atom is -1.00 e. The van der Waals surface area contributed by atoms with E-state index in [-0.39, 0.29) is 73.5 Å². The van der Waals surface area contributed by atoms with E-state index in [4.69, 9.17) is 0 Å². The molecule has 0 bridgehead atoms. The van der Waals surface area contributed by atoms with E-state index >= 15 is 0 Å². The Balaban J connectivity index is 0.00000283. The smallest absolute Gasteiger partial charge is 1.00 e. The van der Waals surface area contributed by atoms with Crippen LogP contribution in [0.3, 0.4) is 0 Å². The first-order valence-electron chi connectivity index (χ1n) is 21.5. The van der Waals surface area contributed by atoms with Crippen molar-refractivity contribution in [1.29, 1.82) is 0 Å². The van der Waals surface area contributed by atoms with Gasteiger partial charge in [-0.15, -0.1) is 0 Å². The molecule has 8 rings (SSSR count). The summed E-state index contributed by atoms with van der Waals surface area (Å²) in [6.07, 6.45) is 36.4. The molecule has 0 aromatic heterocycles. The molecule has 2 fully saturated rings. The maximum absolute atomic E-state index is 3.05. The molecule has 306 valence electrons. The van der Waals surface area contributed by atoms with Crippen LogP contribution in [-0.4, -0.2) is 3.21 Å². The van der Waals surface area contributed by atoms with Crippen molar-refractivity contribution >= 4 is 3.21 Å². The minimum Gasteiger partial charge on any atom is -1.00 e. The van der Waals surface area contributed by atoms with Crippen molar-refractivity contribution in [3.8, 4) is 0 Å². The van der Waals surface area contributed by atoms with Gasteiger partial charge in [0.05, 0.1) is 0 Å². The van der Waals surface area contributed by atoms with Gasteiger partial charge in [-0.25, -0.2) is 0 Å². The van der Waals surface area contributed by atoms with E-state index in [1.54, 1.807) is 12.1 Å². The molecule has 6 aliphatic carbocycles. The van der Waals surface area contributed by atoms with Gasteiger partial charge in [0, 0.05) is 0 Å². The van der Waals surface area contributed by atoms with E-state index in [0.29, 0.717) is 9.54 Å². The Kier molecular flexibility index (Phi) is 11.2. The molecular weight excluding hydrogens is 823 g/mol. The van der Waals surface area contributed by atoms with Crippen LogP contribution in [0.2, 0.25) is 3.63 Å². The zero-order chi connectivity index (χ0) is 40.5. The average molecular weight is 891 g/mol. The number of fused-ring (bicyclic) bond motifs is 8. The Morgan fingerprint density at radius 2 is 1.02 bits per heavy atom. The van der Waals surface area contributed by atoms with E-state index < -0.39 is 21.3 Å². The summed E-state index contributed by atoms with van der Waals surface area (Å²) in [6.45, 7) is 35.5. The molecule has 0 spiro atoms. The fourth-order valence-corrected chi connectivity index (χ4v) is 25.4. The molecule has 9 unspecified atom stereocenters. The van der Waals surface area contributed by atoms with Crippen molar-refractivity contribution < 1.29 is 46.1 Å². The van der Waals surface area contributed by atoms with E-state index in [1.165, 1.54) is 22.3 Å². The van der Waals surface area contributed by atoms with Crippen LogP contribution in [0.1, 0.15) is 126 Å². The Hall–Kier alpha value is -2.31. The topological polar surface area (TPSA) is 0 Å². The number of hydrogen-bond donors (Lipinski definition) is 0. The predicted molar refractivity (Wildman–Crippen MR) is 239 cm³/mol. The minimum atomic E-state index is -3.05. The first-order chi connectivity index (χ1) is 26.1. The second-order valence-electron chi connectivity index (χ2n) is 21.8. The van der Waals surface area contributed by atoms with Gasteiger partial charge < -0.3 is 24.8 Å². The summed E-state index contributed by atoms with van der Waals surface area (Å²) in [6, 6.07) is 19.8. The van der Waals surface area contributed by atoms with Crippen LogP contribution in [0.5, 0.6) is 0 Å². The van der Waals surface area contributed by atoms with Gasteiger partial charge in [-0.05, 0) is 0 Å². The standard InChI is InChI=1S/C29H37.C21H26.C5H5.2ClH.Zr/c1-21-14-13-15-22-20-27(6)25(4)18-10-9-16-23(25,2)24(3)17-11-12-19-26(24,5)29(27,8)28(21,22)7;1-20(2,3)18-11-7-16(8-12-18)15-17-9-13-19(14-10-17)21(4,5)6;1-2-4-5-3-1;;;/h9-20,22H,1-8H3;7-14H,1-6H3;1-3H,4H2;2*1H;/q;;;;;+2/p-2. The summed E-state index contributed by atoms with van der Waals surface area (Å²) in [4.78, 5) is 0. The molecule has 0 amide bonds. The Labute approximate surface area is 372 Å². The molecule has 0 nitrogen and oxygen atoms in total. The van der Waals surface area contributed by atoms with Crippen molar-refractivity contribution in [2.24, 2.45) is 43.8 Å². The molecule has 2 saturated carbocycles. The molecular formula is C55H68Cl2Zr. The molecule has 0 saturated heterocycles. The van der Waals surface area contributed by atoms with Crippen LogP contribution < -0.4 is 24.8 Å². The molecule has 2 aromatic carbocycles. The van der Waals surface area contributed by atoms with Gasteiger partial charge in [0.1, 0.15) is 0 Å². The summed E-state index contributed by atoms with van der Waals surface area (Å²) in [5.74, 6) is 0.398. The van der Waals surface area contributed by atoms with Crippen molar-refractivity contribution in [1.82, 2.24) is 0 Å². The SMILES string of the molecule is CC1=CC=CC2[CH]([Zr+2]([C]3=CC=CC3)=[C](c3ccc(C(C)(C)C)cc3)c3ccc(C(C)(C)C)cc3)C3(C)C4(C)C=CC=CC4(C)C4(C)C=CC=CC4(C)C3(C)C12C.[Cl-].[Cl-]. The number of allylic oxidation sites excluding steroid dienone is 16. The molecule has 2 aromatic rings. The van der Waals surface area contributed by atoms with Crippen LogP contribution in [0, 0.1) is 43.8 Å². The summed E-state index contributed by atoms with van der Waals surface area (Å²) in [7, 11) is 0. The zero-order valence-electron chi connectivity index (χ0n) is 37.8. The summed E-state index contributed by atoms with van der Waals surface area (Å²) in [5, 5.41) is 0. The number of hydrogen-bond acceptors (Lipinski definition) is 0. The van der Waals surface area contributed by atoms with Crippen LogP contribution >= 0.6 is 0 Å². The first kappa shape index (κ1) is 45.2. The second-order valence-corrected chi connectivity index (χ2v) is 28.2. The fourth-order valence-electron chi connectivity index (χ4n) is 14.1. The quantitative estimate of drug-likeness (QED) is 0.289. The van der Waals surface area contributed by atoms with Crippen molar-refractivity contribution in [2.75, 3.05) is 0 Å². The zero-order valence-corrected chi connectivity index (χ0v) is 41.8. The van der Waals surface area contributed by atoms with Gasteiger partial charge >= 0.3 is 351 Å². The van der Waals surface area contributed by atoms with Gasteiger partial charge in [0.15, 0.2) is 0 Å². The molecule has 3 heteroatoms. The van der Waals surface area contributed by atoms with E-state index in [2.05, 4.69) is 231 Å². The number of benzene rings is 2. The number of halogens is 2. The predicted octanol–water partition coefficient (Wildman–Crippen LogP) is 8.56. The minimum absolute atomic E-state index is 0. The number of rotatable bonds is 4. The van der Waals surface area contributed by atoms with Crippen molar-refractivity contribution in [3.63, 3.8) is 0 Å². The average Bonchev–Trinajstić information content (AvgIpc) is 3.74. The summed E-state index contributed by atoms with van der Waals surface area (Å²) < 4.78 is 3.91. The monoisotopic (exact) mass is 888 g/mol. The van der Waals surface area contributed by atoms with Crippen LogP contribution in [0.25, 0.3) is 0 Å². The molecule has 0 radical (unpaired) electrons. The molecule has 6 aliphatic rings. The van der Waals surface area contributed by atoms with Crippen molar-refractivity contribution in [3.05, 3.63) is 165 Å². The maximum atomic E-state index is 2.83. The molecule has 58 heavy (non-hydrogen) atoms. The molecule has 9 atom stereocenters. The largest absolute Gasteiger partial charge is 1.00 e. The Morgan fingerprint density at radius 3 is 1.47 bits per heavy atom. The Morgan fingerprint density at radius 1 is 0.569 bits per heavy atom. The van der Waals surface area contributed by atoms with Gasteiger partial charge in [-0.3, -0.25) is 0 Å². The summed E-state index contributed by atoms with van der Waals surface area (Å²) >= 11 is -3.05. The van der Waals surface area contributed by atoms with Crippen LogP contribution in [0.15, 0.2) is 142 Å². The van der Waals surface area contributed by atoms with Crippen molar-refractivity contribution in [2.45, 2.75) is 118 Å². The second kappa shape index (κ2) is 14.4. The third kappa shape index (κ3) is 5.43. The van der Waals surface area contributed by atoms with E-state index in [9.17, 15) is 0 Å². The van der Waals surface area contributed by atoms with E-state index in [1.807, 2.05) is 0 Å². The van der Waals surface area contributed by atoms with Crippen LogP contribution in [0.4, 0.5) is 0 Å². The third-order valence-electron chi connectivity index (χ3n) is 18.3. The molecule has 0 aliphatic heterocycles. The first-order valence-corrected chi connectivity index (χ1v) is 25.4. The molecule has 0 N–H and O–H groups in total. The van der Waals surface area contributed by atoms with Crippen LogP contribution in [-0.2, 0) is 32.1 Å². The molecule has 0 heterocycles. The van der Waals surface area contributed by atoms with Gasteiger partial charge in [0.2, 0.25) is 0 Å². The third-order valence-corrected chi connectivity index (χ3v) is 27.5. The van der Waals surface area contributed by atoms with Gasteiger partial charge in [-0.1, -0.05) is 0 Å². The van der Waals surface area contributed by atoms with Gasteiger partial charge in [-0.2, -0.15) is 0 Å². The Bertz CT molecular complexity index is 2200. The summed E-state index contributed by atoms with van der Waals surface area (Å²) in [5.41, 5.74) is 6.66.